The van der Waals surface area contributed by atoms with Crippen molar-refractivity contribution in [2.75, 3.05) is 77.6 Å². The standard InChI is InChI=1S/C41H55ClN4O6S/c1-28-6-4-15-41(50-3,26-44-23-34(24-44)45-16-18-51-19-17-45)36-11-8-32(36)22-46-25-40(14-5-7-30-20-33(42)10-12-35(30)40)27-52-38-13-9-31(21-37(38)46)39(47)43-53(48,49)29(28)2/h4,9-10,12-13,15,20-21,28-29,32,34,36H,5-8,11,14,16-19,22-27H2,1-3H3,(H,43,47)/b15-4+/t28-,29+,32-,36+,40-,41+/m0/s1. The van der Waals surface area contributed by atoms with E-state index in [2.05, 4.69) is 43.7 Å². The number of anilines is 1. The first-order valence-electron chi connectivity index (χ1n) is 19.6. The van der Waals surface area contributed by atoms with E-state index in [0.717, 1.165) is 102 Å². The number of aryl methyl sites for hydroxylation is 1. The molecule has 288 valence electrons. The normalized spacial score (nSPS) is 34.4. The third kappa shape index (κ3) is 7.15. The lowest BCUT2D eigenvalue weighted by Crippen LogP contribution is -2.66. The quantitative estimate of drug-likeness (QED) is 0.417. The fraction of sp³-hybridized carbons (Fsp3) is 0.634. The molecule has 2 aliphatic carbocycles. The van der Waals surface area contributed by atoms with Gasteiger partial charge in [-0.2, -0.15) is 0 Å². The SMILES string of the molecule is CO[C@@]1(CN2CC(N3CCOCC3)C2)/C=C/C[C@H](C)[C@@H](C)S(=O)(=O)NC(=O)c2ccc3c(c2)N(C[C@@H]2CC[C@H]21)C[C@@]1(CCCc2cc(Cl)ccc21)CO3. The maximum absolute atomic E-state index is 13.6. The summed E-state index contributed by atoms with van der Waals surface area (Å²) in [5, 5.41) is -0.0276. The van der Waals surface area contributed by atoms with E-state index >= 15 is 0 Å². The predicted octanol–water partition coefficient (Wildman–Crippen LogP) is 5.29. The molecule has 12 heteroatoms. The van der Waals surface area contributed by atoms with Gasteiger partial charge in [-0.25, -0.2) is 13.1 Å². The van der Waals surface area contributed by atoms with Crippen LogP contribution < -0.4 is 14.4 Å². The van der Waals surface area contributed by atoms with Gasteiger partial charge in [0.25, 0.3) is 5.91 Å². The molecule has 1 spiro atoms. The van der Waals surface area contributed by atoms with Crippen LogP contribution in [0.4, 0.5) is 5.69 Å². The lowest BCUT2D eigenvalue weighted by molar-refractivity contribution is -0.113. The number of hydrogen-bond acceptors (Lipinski definition) is 9. The Hall–Kier alpha value is -2.67. The number of carbonyl (C=O) groups excluding carboxylic acids is 1. The van der Waals surface area contributed by atoms with E-state index < -0.39 is 26.8 Å². The molecule has 8 rings (SSSR count). The number of benzene rings is 2. The first kappa shape index (κ1) is 37.3. The Morgan fingerprint density at radius 3 is 2.62 bits per heavy atom. The molecule has 1 N–H and O–H groups in total. The minimum Gasteiger partial charge on any atom is -0.490 e. The summed E-state index contributed by atoms with van der Waals surface area (Å²) in [5.74, 6) is 0.494. The molecular formula is C41H55ClN4O6S. The van der Waals surface area contributed by atoms with Gasteiger partial charge in [0.2, 0.25) is 10.0 Å². The number of hydrogen-bond donors (Lipinski definition) is 1. The lowest BCUT2D eigenvalue weighted by Gasteiger charge is -2.54. The number of nitrogens with zero attached hydrogens (tertiary/aromatic N) is 3. The molecule has 1 amide bonds. The summed E-state index contributed by atoms with van der Waals surface area (Å²) in [5.41, 5.74) is 2.91. The van der Waals surface area contributed by atoms with Gasteiger partial charge in [-0.3, -0.25) is 14.6 Å². The number of morpholine rings is 1. The van der Waals surface area contributed by atoms with Crippen LogP contribution in [0.3, 0.4) is 0 Å². The van der Waals surface area contributed by atoms with E-state index in [1.807, 2.05) is 32.2 Å². The van der Waals surface area contributed by atoms with E-state index in [4.69, 9.17) is 25.8 Å². The Bertz CT molecular complexity index is 1830. The van der Waals surface area contributed by atoms with Gasteiger partial charge >= 0.3 is 0 Å². The summed E-state index contributed by atoms with van der Waals surface area (Å²) in [6.07, 6.45) is 10.1. The van der Waals surface area contributed by atoms with Crippen LogP contribution >= 0.6 is 11.6 Å². The number of sulfonamides is 1. The van der Waals surface area contributed by atoms with Crippen molar-refractivity contribution in [1.29, 1.82) is 0 Å². The number of rotatable bonds is 4. The topological polar surface area (TPSA) is 101 Å². The second kappa shape index (κ2) is 14.8. The van der Waals surface area contributed by atoms with E-state index in [1.165, 1.54) is 11.1 Å². The molecule has 2 aromatic carbocycles. The van der Waals surface area contributed by atoms with E-state index in [1.54, 1.807) is 13.0 Å². The number of ether oxygens (including phenoxy) is 3. The summed E-state index contributed by atoms with van der Waals surface area (Å²) in [7, 11) is -2.10. The van der Waals surface area contributed by atoms with Gasteiger partial charge in [0.15, 0.2) is 0 Å². The van der Waals surface area contributed by atoms with Crippen molar-refractivity contribution in [3.8, 4) is 5.75 Å². The fourth-order valence-corrected chi connectivity index (χ4v) is 11.5. The first-order valence-corrected chi connectivity index (χ1v) is 21.6. The third-order valence-electron chi connectivity index (χ3n) is 13.6. The van der Waals surface area contributed by atoms with Crippen LogP contribution in [0, 0.1) is 17.8 Å². The number of likely N-dealkylation sites (tertiary alicyclic amines) is 1. The second-order valence-corrected chi connectivity index (χ2v) is 19.2. The Morgan fingerprint density at radius 2 is 1.87 bits per heavy atom. The maximum Gasteiger partial charge on any atom is 0.264 e. The molecule has 2 saturated heterocycles. The molecule has 0 unspecified atom stereocenters. The number of allylic oxidation sites excluding steroid dienone is 1. The van der Waals surface area contributed by atoms with Crippen molar-refractivity contribution in [3.63, 3.8) is 0 Å². The van der Waals surface area contributed by atoms with Crippen molar-refractivity contribution in [2.45, 2.75) is 74.7 Å². The largest absolute Gasteiger partial charge is 0.490 e. The number of fused-ring (bicyclic) bond motifs is 4. The van der Waals surface area contributed by atoms with Crippen molar-refractivity contribution >= 4 is 33.2 Å². The fourth-order valence-electron chi connectivity index (χ4n) is 10.0. The monoisotopic (exact) mass is 766 g/mol. The van der Waals surface area contributed by atoms with E-state index in [0.29, 0.717) is 36.3 Å². The minimum atomic E-state index is -3.95. The Kier molecular flexibility index (Phi) is 10.4. The van der Waals surface area contributed by atoms with Gasteiger partial charge in [-0.1, -0.05) is 36.7 Å². The van der Waals surface area contributed by atoms with Crippen LogP contribution in [0.2, 0.25) is 5.02 Å². The summed E-state index contributed by atoms with van der Waals surface area (Å²) < 4.78 is 48.6. The molecule has 3 fully saturated rings. The zero-order valence-electron chi connectivity index (χ0n) is 31.4. The molecule has 2 bridgehead atoms. The highest BCUT2D eigenvalue weighted by Gasteiger charge is 2.51. The highest BCUT2D eigenvalue weighted by molar-refractivity contribution is 7.90. The predicted molar refractivity (Wildman–Crippen MR) is 208 cm³/mol. The van der Waals surface area contributed by atoms with Gasteiger partial charge in [-0.15, -0.1) is 0 Å². The zero-order valence-corrected chi connectivity index (χ0v) is 33.0. The first-order chi connectivity index (χ1) is 25.5. The summed E-state index contributed by atoms with van der Waals surface area (Å²) in [4.78, 5) is 21.2. The van der Waals surface area contributed by atoms with Gasteiger partial charge in [0, 0.05) is 75.0 Å². The van der Waals surface area contributed by atoms with Crippen LogP contribution in [0.15, 0.2) is 48.6 Å². The molecule has 0 aromatic heterocycles. The molecule has 4 heterocycles. The van der Waals surface area contributed by atoms with Gasteiger partial charge in [0.05, 0.1) is 30.8 Å². The van der Waals surface area contributed by atoms with Crippen LogP contribution in [-0.4, -0.2) is 114 Å². The van der Waals surface area contributed by atoms with Gasteiger partial charge in [-0.05, 0) is 105 Å². The third-order valence-corrected chi connectivity index (χ3v) is 15.7. The van der Waals surface area contributed by atoms with Crippen LogP contribution in [0.5, 0.6) is 5.75 Å². The highest BCUT2D eigenvalue weighted by Crippen LogP contribution is 2.49. The number of carbonyl (C=O) groups is 1. The molecular weight excluding hydrogens is 712 g/mol. The summed E-state index contributed by atoms with van der Waals surface area (Å²) in [6.45, 7) is 12.0. The smallest absolute Gasteiger partial charge is 0.264 e. The van der Waals surface area contributed by atoms with Gasteiger partial charge < -0.3 is 19.1 Å². The van der Waals surface area contributed by atoms with E-state index in [9.17, 15) is 13.2 Å². The number of halogens is 1. The molecule has 0 radical (unpaired) electrons. The Balaban J connectivity index is 1.16. The van der Waals surface area contributed by atoms with Crippen molar-refractivity contribution in [3.05, 3.63) is 70.3 Å². The average Bonchev–Trinajstić information content (AvgIpc) is 3.27. The summed E-state index contributed by atoms with van der Waals surface area (Å²) >= 11 is 6.50. The minimum absolute atomic E-state index is 0.216. The molecule has 53 heavy (non-hydrogen) atoms. The molecule has 6 aliphatic rings. The van der Waals surface area contributed by atoms with Gasteiger partial charge in [0.1, 0.15) is 11.4 Å². The average molecular weight is 767 g/mol. The molecule has 2 aromatic rings. The van der Waals surface area contributed by atoms with Crippen LogP contribution in [0.1, 0.15) is 67.4 Å². The van der Waals surface area contributed by atoms with Crippen LogP contribution in [-0.2, 0) is 31.3 Å². The lowest BCUT2D eigenvalue weighted by atomic mass is 9.63. The molecule has 1 saturated carbocycles. The Labute approximate surface area is 320 Å². The number of nitrogens with one attached hydrogen (secondary N) is 1. The van der Waals surface area contributed by atoms with Crippen molar-refractivity contribution in [1.82, 2.24) is 14.5 Å². The second-order valence-electron chi connectivity index (χ2n) is 16.7. The number of methoxy groups -OCH3 is 1. The zero-order chi connectivity index (χ0) is 37.0. The van der Waals surface area contributed by atoms with Crippen molar-refractivity contribution in [2.24, 2.45) is 17.8 Å². The molecule has 6 atom stereocenters. The van der Waals surface area contributed by atoms with E-state index in [-0.39, 0.29) is 17.3 Å². The van der Waals surface area contributed by atoms with Crippen LogP contribution in [0.25, 0.3) is 0 Å². The molecule has 10 nitrogen and oxygen atoms in total. The highest BCUT2D eigenvalue weighted by atomic mass is 35.5. The Morgan fingerprint density at radius 1 is 1.06 bits per heavy atom. The summed E-state index contributed by atoms with van der Waals surface area (Å²) in [6, 6.07) is 12.2. The number of amides is 1. The van der Waals surface area contributed by atoms with Crippen molar-refractivity contribution < 1.29 is 27.4 Å². The maximum atomic E-state index is 13.6. The molecule has 4 aliphatic heterocycles.